The molecule has 1 fully saturated rings. The summed E-state index contributed by atoms with van der Waals surface area (Å²) in [5.41, 5.74) is 0.876. The lowest BCUT2D eigenvalue weighted by molar-refractivity contribution is 0.0583. The van der Waals surface area contributed by atoms with Gasteiger partial charge in [0.05, 0.1) is 13.7 Å². The summed E-state index contributed by atoms with van der Waals surface area (Å²) >= 11 is 0. The van der Waals surface area contributed by atoms with Gasteiger partial charge in [0.2, 0.25) is 11.7 Å². The van der Waals surface area contributed by atoms with Crippen LogP contribution in [0, 0.1) is 0 Å². The summed E-state index contributed by atoms with van der Waals surface area (Å²) < 4.78 is 16.2. The Balaban J connectivity index is 1.31. The number of hydrogen-bond acceptors (Lipinski definition) is 7. The number of aromatic nitrogens is 2. The van der Waals surface area contributed by atoms with Gasteiger partial charge >= 0.3 is 0 Å². The van der Waals surface area contributed by atoms with Gasteiger partial charge in [-0.25, -0.2) is 0 Å². The van der Waals surface area contributed by atoms with Crippen LogP contribution in [-0.4, -0.2) is 59.1 Å². The summed E-state index contributed by atoms with van der Waals surface area (Å²) in [7, 11) is 1.63. The molecular formula is C21H24N4O4. The van der Waals surface area contributed by atoms with E-state index in [1.54, 1.807) is 13.2 Å². The van der Waals surface area contributed by atoms with Crippen molar-refractivity contribution in [3.05, 3.63) is 53.8 Å². The number of methoxy groups -OCH3 is 1. The van der Waals surface area contributed by atoms with Crippen molar-refractivity contribution in [3.63, 3.8) is 0 Å². The molecule has 0 atom stereocenters. The maximum Gasteiger partial charge on any atom is 0.289 e. The molecule has 0 bridgehead atoms. The van der Waals surface area contributed by atoms with E-state index in [0.717, 1.165) is 36.6 Å². The third-order valence-electron chi connectivity index (χ3n) is 5.06. The molecule has 0 radical (unpaired) electrons. The second kappa shape index (κ2) is 8.48. The third-order valence-corrected chi connectivity index (χ3v) is 5.06. The highest BCUT2D eigenvalue weighted by molar-refractivity contribution is 5.91. The molecule has 0 N–H and O–H groups in total. The lowest BCUT2D eigenvalue weighted by Gasteiger charge is -2.33. The first kappa shape index (κ1) is 19.2. The van der Waals surface area contributed by atoms with Crippen molar-refractivity contribution in [1.82, 2.24) is 19.9 Å². The van der Waals surface area contributed by atoms with Crippen molar-refractivity contribution in [2.45, 2.75) is 19.9 Å². The Kier molecular flexibility index (Phi) is 5.62. The summed E-state index contributed by atoms with van der Waals surface area (Å²) in [4.78, 5) is 21.1. The summed E-state index contributed by atoms with van der Waals surface area (Å²) in [6, 6.07) is 11.1. The zero-order chi connectivity index (χ0) is 20.2. The van der Waals surface area contributed by atoms with Gasteiger partial charge in [-0.2, -0.15) is 4.98 Å². The van der Waals surface area contributed by atoms with E-state index in [1.165, 1.54) is 0 Å². The van der Waals surface area contributed by atoms with E-state index in [1.807, 2.05) is 42.2 Å². The number of ether oxygens (including phenoxy) is 1. The molecule has 8 nitrogen and oxygen atoms in total. The standard InChI is InChI=1S/C21H24N4O4/c1-3-16-8-9-18(28-16)21(26)25-12-10-24(11-13-25)14-19-22-20(23-29-19)15-4-6-17(27-2)7-5-15/h4-9H,3,10-14H2,1-2H3. The lowest BCUT2D eigenvalue weighted by Crippen LogP contribution is -2.48. The van der Waals surface area contributed by atoms with Crippen LogP contribution in [0.2, 0.25) is 0 Å². The van der Waals surface area contributed by atoms with Gasteiger partial charge in [-0.3, -0.25) is 9.69 Å². The molecule has 3 aromatic rings. The van der Waals surface area contributed by atoms with E-state index in [2.05, 4.69) is 15.0 Å². The first-order chi connectivity index (χ1) is 14.2. The Morgan fingerprint density at radius 3 is 2.52 bits per heavy atom. The second-order valence-electron chi connectivity index (χ2n) is 6.93. The molecular weight excluding hydrogens is 372 g/mol. The third kappa shape index (κ3) is 4.32. The van der Waals surface area contributed by atoms with Crippen LogP contribution in [0.4, 0.5) is 0 Å². The largest absolute Gasteiger partial charge is 0.497 e. The second-order valence-corrected chi connectivity index (χ2v) is 6.93. The van der Waals surface area contributed by atoms with Crippen molar-refractivity contribution in [2.24, 2.45) is 0 Å². The maximum absolute atomic E-state index is 12.6. The molecule has 8 heteroatoms. The van der Waals surface area contributed by atoms with Crippen molar-refractivity contribution in [3.8, 4) is 17.1 Å². The van der Waals surface area contributed by atoms with Gasteiger partial charge in [0.25, 0.3) is 5.91 Å². The van der Waals surface area contributed by atoms with Gasteiger partial charge in [-0.1, -0.05) is 12.1 Å². The Morgan fingerprint density at radius 1 is 1.10 bits per heavy atom. The number of furan rings is 1. The average molecular weight is 396 g/mol. The van der Waals surface area contributed by atoms with Gasteiger partial charge in [0, 0.05) is 38.2 Å². The maximum atomic E-state index is 12.6. The highest BCUT2D eigenvalue weighted by Crippen LogP contribution is 2.20. The van der Waals surface area contributed by atoms with E-state index < -0.39 is 0 Å². The summed E-state index contributed by atoms with van der Waals surface area (Å²) in [5.74, 6) is 3.09. The molecule has 1 aliphatic heterocycles. The van der Waals surface area contributed by atoms with Crippen molar-refractivity contribution < 1.29 is 18.5 Å². The van der Waals surface area contributed by atoms with Crippen LogP contribution in [0.25, 0.3) is 11.4 Å². The predicted molar refractivity (Wildman–Crippen MR) is 106 cm³/mol. The van der Waals surface area contributed by atoms with Gasteiger partial charge in [0.15, 0.2) is 5.76 Å². The number of hydrogen-bond donors (Lipinski definition) is 0. The number of piperazine rings is 1. The number of carbonyl (C=O) groups is 1. The van der Waals surface area contributed by atoms with E-state index in [-0.39, 0.29) is 5.91 Å². The Bertz CT molecular complexity index is 955. The van der Waals surface area contributed by atoms with E-state index in [9.17, 15) is 4.79 Å². The molecule has 0 spiro atoms. The predicted octanol–water partition coefficient (Wildman–Crippen LogP) is 2.86. The molecule has 1 amide bonds. The summed E-state index contributed by atoms with van der Waals surface area (Å²) in [6.45, 7) is 5.33. The van der Waals surface area contributed by atoms with Crippen LogP contribution in [-0.2, 0) is 13.0 Å². The minimum Gasteiger partial charge on any atom is -0.497 e. The van der Waals surface area contributed by atoms with Crippen LogP contribution in [0.1, 0.15) is 29.1 Å². The van der Waals surface area contributed by atoms with Gasteiger partial charge in [-0.05, 0) is 36.4 Å². The molecule has 0 saturated carbocycles. The van der Waals surface area contributed by atoms with Crippen LogP contribution < -0.4 is 4.74 Å². The Hall–Kier alpha value is -3.13. The van der Waals surface area contributed by atoms with E-state index in [0.29, 0.717) is 37.1 Å². The molecule has 0 unspecified atom stereocenters. The van der Waals surface area contributed by atoms with Crippen LogP contribution in [0.3, 0.4) is 0 Å². The van der Waals surface area contributed by atoms with Gasteiger partial charge < -0.3 is 18.6 Å². The first-order valence-electron chi connectivity index (χ1n) is 9.73. The Labute approximate surface area is 169 Å². The lowest BCUT2D eigenvalue weighted by atomic mass is 10.2. The number of rotatable bonds is 6. The minimum atomic E-state index is -0.0519. The fraction of sp³-hybridized carbons (Fsp3) is 0.381. The monoisotopic (exact) mass is 396 g/mol. The molecule has 1 saturated heterocycles. The number of benzene rings is 1. The van der Waals surface area contributed by atoms with E-state index >= 15 is 0 Å². The number of nitrogens with zero attached hydrogens (tertiary/aromatic N) is 4. The molecule has 4 rings (SSSR count). The SMILES string of the molecule is CCc1ccc(C(=O)N2CCN(Cc3nc(-c4ccc(OC)cc4)no3)CC2)o1. The highest BCUT2D eigenvalue weighted by Gasteiger charge is 2.25. The van der Waals surface area contributed by atoms with Gasteiger partial charge in [0.1, 0.15) is 11.5 Å². The molecule has 2 aromatic heterocycles. The Morgan fingerprint density at radius 2 is 1.86 bits per heavy atom. The van der Waals surface area contributed by atoms with Crippen LogP contribution in [0.5, 0.6) is 5.75 Å². The normalized spacial score (nSPS) is 14.9. The highest BCUT2D eigenvalue weighted by atomic mass is 16.5. The molecule has 0 aliphatic carbocycles. The fourth-order valence-corrected chi connectivity index (χ4v) is 3.32. The number of amides is 1. The van der Waals surface area contributed by atoms with Crippen molar-refractivity contribution in [1.29, 1.82) is 0 Å². The van der Waals surface area contributed by atoms with E-state index in [4.69, 9.17) is 13.7 Å². The minimum absolute atomic E-state index is 0.0519. The molecule has 3 heterocycles. The smallest absolute Gasteiger partial charge is 0.289 e. The topological polar surface area (TPSA) is 84.8 Å². The zero-order valence-electron chi connectivity index (χ0n) is 16.6. The summed E-state index contributed by atoms with van der Waals surface area (Å²) in [6.07, 6.45) is 0.782. The fourth-order valence-electron chi connectivity index (χ4n) is 3.32. The molecule has 152 valence electrons. The average Bonchev–Trinajstić information content (AvgIpc) is 3.43. The summed E-state index contributed by atoms with van der Waals surface area (Å²) in [5, 5.41) is 4.07. The van der Waals surface area contributed by atoms with Crippen molar-refractivity contribution >= 4 is 5.91 Å². The molecule has 1 aliphatic rings. The zero-order valence-corrected chi connectivity index (χ0v) is 16.6. The van der Waals surface area contributed by atoms with Crippen molar-refractivity contribution in [2.75, 3.05) is 33.3 Å². The molecule has 1 aromatic carbocycles. The molecule has 29 heavy (non-hydrogen) atoms. The van der Waals surface area contributed by atoms with Crippen LogP contribution >= 0.6 is 0 Å². The number of aryl methyl sites for hydroxylation is 1. The van der Waals surface area contributed by atoms with Crippen LogP contribution in [0.15, 0.2) is 45.3 Å². The number of carbonyl (C=O) groups excluding carboxylic acids is 1. The van der Waals surface area contributed by atoms with Gasteiger partial charge in [-0.15, -0.1) is 0 Å². The quantitative estimate of drug-likeness (QED) is 0.633. The first-order valence-corrected chi connectivity index (χ1v) is 9.73.